The van der Waals surface area contributed by atoms with E-state index in [2.05, 4.69) is 6.07 Å². The molecule has 2 aliphatic heterocycles. The molecule has 9 nitrogen and oxygen atoms in total. The number of carboxylic acid groups (broad SMARTS) is 1. The van der Waals surface area contributed by atoms with Gasteiger partial charge in [0.15, 0.2) is 5.79 Å². The number of aliphatic hydroxyl groups is 1. The molecule has 0 bridgehead atoms. The number of primary amides is 1. The number of hydrogen-bond donors (Lipinski definition) is 3. The van der Waals surface area contributed by atoms with Gasteiger partial charge in [0.1, 0.15) is 35.2 Å². The van der Waals surface area contributed by atoms with Gasteiger partial charge in [-0.15, -0.1) is 0 Å². The van der Waals surface area contributed by atoms with E-state index in [-0.39, 0.29) is 33.7 Å². The van der Waals surface area contributed by atoms with Gasteiger partial charge in [0, 0.05) is 35.1 Å². The maximum absolute atomic E-state index is 16.3. The van der Waals surface area contributed by atoms with Crippen molar-refractivity contribution in [3.05, 3.63) is 81.4 Å². The van der Waals surface area contributed by atoms with Crippen LogP contribution < -0.4 is 5.73 Å². The van der Waals surface area contributed by atoms with Crippen LogP contribution in [0.15, 0.2) is 48.6 Å². The number of amides is 1. The van der Waals surface area contributed by atoms with Gasteiger partial charge < -0.3 is 25.4 Å². The van der Waals surface area contributed by atoms with Gasteiger partial charge in [-0.25, -0.2) is 8.78 Å². The smallest absolute Gasteiger partial charge is 0.321 e. The zero-order valence-corrected chi connectivity index (χ0v) is 26.7. The number of nitrogens with two attached hydrogens (primary N) is 1. The van der Waals surface area contributed by atoms with E-state index in [1.54, 1.807) is 13.8 Å². The summed E-state index contributed by atoms with van der Waals surface area (Å²) in [5.74, 6) is -8.60. The predicted octanol–water partition coefficient (Wildman–Crippen LogP) is 4.92. The molecule has 2 aromatic carbocycles. The van der Waals surface area contributed by atoms with Crippen molar-refractivity contribution in [3.8, 4) is 6.07 Å². The van der Waals surface area contributed by atoms with Gasteiger partial charge in [-0.1, -0.05) is 53.6 Å². The van der Waals surface area contributed by atoms with E-state index < -0.39 is 77.4 Å². The van der Waals surface area contributed by atoms with E-state index in [1.165, 1.54) is 35.2 Å². The highest BCUT2D eigenvalue weighted by Gasteiger charge is 2.69. The summed E-state index contributed by atoms with van der Waals surface area (Å²) in [6.45, 7) is 2.48. The van der Waals surface area contributed by atoms with Crippen LogP contribution in [0.5, 0.6) is 0 Å². The third kappa shape index (κ3) is 5.80. The van der Waals surface area contributed by atoms with E-state index in [1.807, 2.05) is 12.2 Å². The summed E-state index contributed by atoms with van der Waals surface area (Å²) in [4.78, 5) is 28.3. The number of carbonyl (C=O) groups is 2. The third-order valence-electron chi connectivity index (χ3n) is 9.57. The van der Waals surface area contributed by atoms with Crippen molar-refractivity contribution < 1.29 is 38.1 Å². The molecule has 2 aromatic rings. The Morgan fingerprint density at radius 2 is 1.96 bits per heavy atom. The Balaban J connectivity index is 1.91. The summed E-state index contributed by atoms with van der Waals surface area (Å²) in [5, 5.41) is 33.1. The molecule has 4 N–H and O–H groups in total. The second kappa shape index (κ2) is 13.2. The normalized spacial score (nSPS) is 30.5. The minimum absolute atomic E-state index is 0.00545. The number of halogens is 4. The largest absolute Gasteiger partial charge is 0.480 e. The van der Waals surface area contributed by atoms with Crippen molar-refractivity contribution >= 4 is 35.1 Å². The molecule has 0 saturated carbocycles. The average Bonchev–Trinajstić information content (AvgIpc) is 3.50. The first kappa shape index (κ1) is 34.2. The summed E-state index contributed by atoms with van der Waals surface area (Å²) >= 11 is 12.3. The van der Waals surface area contributed by atoms with Crippen LogP contribution in [0.4, 0.5) is 8.78 Å². The van der Waals surface area contributed by atoms with Crippen molar-refractivity contribution in [2.75, 3.05) is 13.2 Å². The number of ether oxygens (including phenoxy) is 2. The summed E-state index contributed by atoms with van der Waals surface area (Å²) in [5.41, 5.74) is 3.24. The van der Waals surface area contributed by atoms with Crippen molar-refractivity contribution in [1.82, 2.24) is 4.90 Å². The Bertz CT molecular complexity index is 1580. The topological polar surface area (TPSA) is 146 Å². The van der Waals surface area contributed by atoms with Crippen LogP contribution in [0.3, 0.4) is 0 Å². The monoisotopic (exact) mass is 677 g/mol. The van der Waals surface area contributed by atoms with Gasteiger partial charge in [0.2, 0.25) is 5.91 Å². The predicted molar refractivity (Wildman–Crippen MR) is 165 cm³/mol. The first-order valence-electron chi connectivity index (χ1n) is 15.0. The Morgan fingerprint density at radius 1 is 1.22 bits per heavy atom. The Labute approximate surface area is 275 Å². The van der Waals surface area contributed by atoms with Gasteiger partial charge in [-0.3, -0.25) is 14.5 Å². The van der Waals surface area contributed by atoms with Gasteiger partial charge in [-0.2, -0.15) is 5.26 Å². The molecule has 1 amide bonds. The summed E-state index contributed by atoms with van der Waals surface area (Å²) in [7, 11) is 0. The lowest BCUT2D eigenvalue weighted by Gasteiger charge is -2.45. The number of nitriles is 1. The summed E-state index contributed by atoms with van der Waals surface area (Å²) in [6.07, 6.45) is 4.38. The lowest BCUT2D eigenvalue weighted by Crippen LogP contribution is -2.62. The summed E-state index contributed by atoms with van der Waals surface area (Å²) < 4.78 is 44.2. The number of hydrogen-bond acceptors (Lipinski definition) is 7. The van der Waals surface area contributed by atoms with Gasteiger partial charge in [0.05, 0.1) is 17.7 Å². The molecule has 5 rings (SSSR count). The van der Waals surface area contributed by atoms with Crippen molar-refractivity contribution in [2.45, 2.75) is 74.5 Å². The number of aliphatic hydroxyl groups excluding tert-OH is 1. The fraction of sp³-hybridized carbons (Fsp3) is 0.485. The van der Waals surface area contributed by atoms with Crippen LogP contribution in [-0.4, -0.2) is 70.2 Å². The second-order valence-electron chi connectivity index (χ2n) is 12.5. The molecule has 0 aromatic heterocycles. The van der Waals surface area contributed by atoms with Gasteiger partial charge >= 0.3 is 5.97 Å². The molecule has 1 aliphatic carbocycles. The SMILES string of the molecule is CC1(C)OC[C@H](C(C(N)=O)N2[C@@H](C(CO)C3CC=CCC3)[C@](C#N)(c3ccc(Cl)cc3F)[C@@H](c3cccc(Cl)c3F)[C@@H]2C(=O)O)O1. The zero-order chi connectivity index (χ0) is 33.6. The minimum atomic E-state index is -2.24. The van der Waals surface area contributed by atoms with Gasteiger partial charge in [-0.05, 0) is 62.8 Å². The number of carboxylic acids is 1. The van der Waals surface area contributed by atoms with Crippen molar-refractivity contribution in [3.63, 3.8) is 0 Å². The minimum Gasteiger partial charge on any atom is -0.480 e. The van der Waals surface area contributed by atoms with Gasteiger partial charge in [0.25, 0.3) is 0 Å². The molecular formula is C33H35Cl2F2N3O6. The first-order valence-corrected chi connectivity index (χ1v) is 15.7. The molecule has 2 saturated heterocycles. The van der Waals surface area contributed by atoms with E-state index in [0.717, 1.165) is 6.07 Å². The third-order valence-corrected chi connectivity index (χ3v) is 10.1. The maximum Gasteiger partial charge on any atom is 0.321 e. The van der Waals surface area contributed by atoms with Crippen LogP contribution in [0.25, 0.3) is 0 Å². The number of benzene rings is 2. The molecule has 8 atom stereocenters. The van der Waals surface area contributed by atoms with Crippen LogP contribution in [0, 0.1) is 34.8 Å². The standard InChI is InChI=1S/C33H35Cl2F2N3O6/c1-32(2)45-15-24(46-32)27(30(39)42)40-28(31(43)44)25(19-9-6-10-22(35)26(19)37)33(16-38,21-12-11-18(34)13-23(21)36)29(40)20(14-41)17-7-4-3-5-8-17/h3-4,6,9-13,17,20,24-25,27-29,41H,5,7-8,14-15H2,1-2H3,(H2,39,42)(H,43,44)/t17?,20?,24-,25+,27?,28-,29+,33-/m1/s1. The van der Waals surface area contributed by atoms with E-state index in [0.29, 0.717) is 19.3 Å². The summed E-state index contributed by atoms with van der Waals surface area (Å²) in [6, 6.07) is 4.93. The number of likely N-dealkylation sites (tertiary alicyclic amines) is 1. The molecule has 0 spiro atoms. The van der Waals surface area contributed by atoms with Crippen LogP contribution in [0.2, 0.25) is 10.0 Å². The van der Waals surface area contributed by atoms with Crippen LogP contribution in [0.1, 0.15) is 50.2 Å². The number of nitrogens with zero attached hydrogens (tertiary/aromatic N) is 2. The molecule has 3 aliphatic rings. The Morgan fingerprint density at radius 3 is 2.50 bits per heavy atom. The highest BCUT2D eigenvalue weighted by Crippen LogP contribution is 2.58. The molecule has 2 heterocycles. The second-order valence-corrected chi connectivity index (χ2v) is 13.3. The van der Waals surface area contributed by atoms with Crippen LogP contribution >= 0.6 is 23.2 Å². The molecule has 46 heavy (non-hydrogen) atoms. The lowest BCUT2D eigenvalue weighted by molar-refractivity contribution is -0.160. The first-order chi connectivity index (χ1) is 21.8. The molecule has 3 unspecified atom stereocenters. The zero-order valence-electron chi connectivity index (χ0n) is 25.2. The molecule has 13 heteroatoms. The highest BCUT2D eigenvalue weighted by molar-refractivity contribution is 6.31. The molecule has 0 radical (unpaired) electrons. The average molecular weight is 679 g/mol. The number of allylic oxidation sites excluding steroid dienone is 2. The highest BCUT2D eigenvalue weighted by atomic mass is 35.5. The fourth-order valence-electron chi connectivity index (χ4n) is 7.82. The van der Waals surface area contributed by atoms with Crippen molar-refractivity contribution in [2.24, 2.45) is 17.6 Å². The number of rotatable bonds is 9. The fourth-order valence-corrected chi connectivity index (χ4v) is 8.16. The molecular weight excluding hydrogens is 643 g/mol. The van der Waals surface area contributed by atoms with E-state index >= 15 is 8.78 Å². The maximum atomic E-state index is 16.3. The lowest BCUT2D eigenvalue weighted by atomic mass is 9.60. The molecule has 2 fully saturated rings. The Kier molecular flexibility index (Phi) is 9.81. The molecule has 246 valence electrons. The number of aliphatic carboxylic acids is 1. The number of carbonyl (C=O) groups excluding carboxylic acids is 1. The quantitative estimate of drug-likeness (QED) is 0.317. The van der Waals surface area contributed by atoms with Crippen molar-refractivity contribution in [1.29, 1.82) is 5.26 Å². The Hall–Kier alpha value is -3.11. The van der Waals surface area contributed by atoms with E-state index in [9.17, 15) is 25.1 Å². The van der Waals surface area contributed by atoms with E-state index in [4.69, 9.17) is 38.4 Å². The van der Waals surface area contributed by atoms with Crippen LogP contribution in [-0.2, 0) is 24.5 Å².